The number of aryl methyl sites for hydroxylation is 2. The van der Waals surface area contributed by atoms with E-state index in [1.165, 1.54) is 23.1 Å². The number of rotatable bonds is 8. The molecule has 3 aromatic rings. The largest absolute Gasteiger partial charge is 0.496 e. The van der Waals surface area contributed by atoms with Gasteiger partial charge in [0.15, 0.2) is 5.13 Å². The number of amides is 2. The molecular formula is C22H23N3O3S2. The van der Waals surface area contributed by atoms with Gasteiger partial charge in [0.2, 0.25) is 11.8 Å². The lowest BCUT2D eigenvalue weighted by Gasteiger charge is -2.07. The molecule has 2 aromatic carbocycles. The number of thiazole rings is 1. The molecule has 0 atom stereocenters. The van der Waals surface area contributed by atoms with E-state index in [-0.39, 0.29) is 23.3 Å². The molecule has 0 saturated carbocycles. The maximum atomic E-state index is 12.2. The van der Waals surface area contributed by atoms with E-state index >= 15 is 0 Å². The molecular weight excluding hydrogens is 418 g/mol. The summed E-state index contributed by atoms with van der Waals surface area (Å²) in [5.74, 6) is 0.774. The Morgan fingerprint density at radius 2 is 1.77 bits per heavy atom. The second-order valence-corrected chi connectivity index (χ2v) is 8.54. The van der Waals surface area contributed by atoms with Crippen LogP contribution in [0.4, 0.5) is 10.8 Å². The quantitative estimate of drug-likeness (QED) is 0.527. The van der Waals surface area contributed by atoms with Crippen molar-refractivity contribution in [2.24, 2.45) is 0 Å². The van der Waals surface area contributed by atoms with Crippen LogP contribution in [0.5, 0.6) is 5.75 Å². The smallest absolute Gasteiger partial charge is 0.236 e. The van der Waals surface area contributed by atoms with Crippen LogP contribution < -0.4 is 15.4 Å². The van der Waals surface area contributed by atoms with Gasteiger partial charge in [0, 0.05) is 16.6 Å². The molecule has 0 aliphatic carbocycles. The van der Waals surface area contributed by atoms with Gasteiger partial charge in [-0.2, -0.15) is 0 Å². The average Bonchev–Trinajstić information content (AvgIpc) is 3.16. The molecule has 6 nitrogen and oxygen atoms in total. The van der Waals surface area contributed by atoms with Crippen molar-refractivity contribution >= 4 is 45.7 Å². The highest BCUT2D eigenvalue weighted by Gasteiger charge is 2.13. The van der Waals surface area contributed by atoms with Crippen LogP contribution in [0.3, 0.4) is 0 Å². The van der Waals surface area contributed by atoms with Gasteiger partial charge >= 0.3 is 0 Å². The number of nitrogens with one attached hydrogen (secondary N) is 2. The molecule has 1 aromatic heterocycles. The van der Waals surface area contributed by atoms with Crippen molar-refractivity contribution < 1.29 is 14.3 Å². The molecule has 2 N–H and O–H groups in total. The number of carbonyl (C=O) groups is 2. The van der Waals surface area contributed by atoms with Crippen LogP contribution in [-0.4, -0.2) is 35.4 Å². The lowest BCUT2D eigenvalue weighted by Crippen LogP contribution is -2.18. The molecule has 30 heavy (non-hydrogen) atoms. The van der Waals surface area contributed by atoms with E-state index in [2.05, 4.69) is 15.6 Å². The summed E-state index contributed by atoms with van der Waals surface area (Å²) >= 11 is 2.61. The van der Waals surface area contributed by atoms with Crippen LogP contribution in [0.15, 0.2) is 47.8 Å². The van der Waals surface area contributed by atoms with E-state index in [4.69, 9.17) is 4.74 Å². The summed E-state index contributed by atoms with van der Waals surface area (Å²) in [7, 11) is 1.62. The van der Waals surface area contributed by atoms with Crippen molar-refractivity contribution in [3.63, 3.8) is 0 Å². The lowest BCUT2D eigenvalue weighted by molar-refractivity contribution is -0.114. The molecule has 8 heteroatoms. The molecule has 0 spiro atoms. The van der Waals surface area contributed by atoms with Crippen LogP contribution in [0.2, 0.25) is 0 Å². The van der Waals surface area contributed by atoms with E-state index < -0.39 is 0 Å². The Bertz CT molecular complexity index is 1050. The predicted octanol–water partition coefficient (Wildman–Crippen LogP) is 4.75. The molecule has 2 amide bonds. The summed E-state index contributed by atoms with van der Waals surface area (Å²) in [6.45, 7) is 3.97. The van der Waals surface area contributed by atoms with Gasteiger partial charge in [-0.05, 0) is 43.7 Å². The minimum atomic E-state index is -0.194. The van der Waals surface area contributed by atoms with Gasteiger partial charge in [0.1, 0.15) is 5.75 Å². The number of nitrogens with zero attached hydrogens (tertiary/aromatic N) is 1. The average molecular weight is 442 g/mol. The van der Waals surface area contributed by atoms with Crippen molar-refractivity contribution in [3.8, 4) is 17.0 Å². The molecule has 0 saturated heterocycles. The van der Waals surface area contributed by atoms with E-state index in [1.54, 1.807) is 7.11 Å². The predicted molar refractivity (Wildman–Crippen MR) is 125 cm³/mol. The summed E-state index contributed by atoms with van der Waals surface area (Å²) in [6, 6.07) is 13.5. The fraction of sp³-hybridized carbons (Fsp3) is 0.227. The first-order valence-electron chi connectivity index (χ1n) is 9.29. The Hall–Kier alpha value is -2.84. The zero-order chi connectivity index (χ0) is 21.5. The minimum absolute atomic E-state index is 0.138. The Morgan fingerprint density at radius 1 is 1.03 bits per heavy atom. The van der Waals surface area contributed by atoms with Gasteiger partial charge in [-0.1, -0.05) is 23.8 Å². The van der Waals surface area contributed by atoms with Gasteiger partial charge in [-0.25, -0.2) is 4.98 Å². The lowest BCUT2D eigenvalue weighted by atomic mass is 10.1. The Balaban J connectivity index is 1.49. The fourth-order valence-corrected chi connectivity index (χ4v) is 4.13. The highest BCUT2D eigenvalue weighted by atomic mass is 32.2. The first-order valence-corrected chi connectivity index (χ1v) is 11.3. The van der Waals surface area contributed by atoms with E-state index in [0.717, 1.165) is 33.8 Å². The molecule has 0 radical (unpaired) electrons. The molecule has 0 bridgehead atoms. The summed E-state index contributed by atoms with van der Waals surface area (Å²) < 4.78 is 5.41. The van der Waals surface area contributed by atoms with Crippen molar-refractivity contribution in [2.45, 2.75) is 13.8 Å². The first-order chi connectivity index (χ1) is 14.4. The Labute approximate surface area is 184 Å². The van der Waals surface area contributed by atoms with Crippen molar-refractivity contribution in [1.82, 2.24) is 4.98 Å². The number of ether oxygens (including phenoxy) is 1. The molecule has 0 fully saturated rings. The van der Waals surface area contributed by atoms with Gasteiger partial charge in [0.25, 0.3) is 0 Å². The van der Waals surface area contributed by atoms with E-state index in [0.29, 0.717) is 5.13 Å². The standard InChI is InChI=1S/C22H23N3O3S2/c1-14-5-4-6-16(9-14)23-20(26)12-29-13-21(27)25-22-24-18(11-30-22)17-10-15(2)7-8-19(17)28-3/h4-11H,12-13H2,1-3H3,(H,23,26)(H,24,25,27). The molecule has 0 aliphatic rings. The first kappa shape index (κ1) is 21.9. The number of hydrogen-bond donors (Lipinski definition) is 2. The number of methoxy groups -OCH3 is 1. The van der Waals surface area contributed by atoms with E-state index in [1.807, 2.05) is 61.7 Å². The minimum Gasteiger partial charge on any atom is -0.496 e. The van der Waals surface area contributed by atoms with Gasteiger partial charge in [-0.15, -0.1) is 23.1 Å². The van der Waals surface area contributed by atoms with Gasteiger partial charge < -0.3 is 15.4 Å². The van der Waals surface area contributed by atoms with Crippen LogP contribution in [0, 0.1) is 13.8 Å². The van der Waals surface area contributed by atoms with Gasteiger partial charge in [-0.3, -0.25) is 9.59 Å². The number of aromatic nitrogens is 1. The molecule has 156 valence electrons. The Kier molecular flexibility index (Phi) is 7.48. The maximum absolute atomic E-state index is 12.2. The molecule has 1 heterocycles. The van der Waals surface area contributed by atoms with Crippen molar-refractivity contribution in [3.05, 3.63) is 59.0 Å². The van der Waals surface area contributed by atoms with Gasteiger partial charge in [0.05, 0.1) is 24.3 Å². The summed E-state index contributed by atoms with van der Waals surface area (Å²) in [6.07, 6.45) is 0. The number of thioether (sulfide) groups is 1. The number of carbonyl (C=O) groups excluding carboxylic acids is 2. The molecule has 0 unspecified atom stereocenters. The highest BCUT2D eigenvalue weighted by molar-refractivity contribution is 8.00. The highest BCUT2D eigenvalue weighted by Crippen LogP contribution is 2.33. The van der Waals surface area contributed by atoms with Crippen molar-refractivity contribution in [2.75, 3.05) is 29.2 Å². The van der Waals surface area contributed by atoms with Crippen LogP contribution >= 0.6 is 23.1 Å². The number of anilines is 2. The molecule has 3 rings (SSSR count). The SMILES string of the molecule is COc1ccc(C)cc1-c1csc(NC(=O)CSCC(=O)Nc2cccc(C)c2)n1. The topological polar surface area (TPSA) is 80.3 Å². The van der Waals surface area contributed by atoms with Crippen molar-refractivity contribution in [1.29, 1.82) is 0 Å². The zero-order valence-corrected chi connectivity index (χ0v) is 18.7. The maximum Gasteiger partial charge on any atom is 0.236 e. The number of hydrogen-bond acceptors (Lipinski definition) is 6. The third-order valence-corrected chi connectivity index (χ3v) is 5.84. The fourth-order valence-electron chi connectivity index (χ4n) is 2.79. The second-order valence-electron chi connectivity index (χ2n) is 6.70. The third-order valence-electron chi connectivity index (χ3n) is 4.15. The number of benzene rings is 2. The monoisotopic (exact) mass is 441 g/mol. The normalized spacial score (nSPS) is 10.5. The third kappa shape index (κ3) is 6.08. The van der Waals surface area contributed by atoms with Crippen LogP contribution in [0.1, 0.15) is 11.1 Å². The summed E-state index contributed by atoms with van der Waals surface area (Å²) in [5, 5.41) is 8.02. The second kappa shape index (κ2) is 10.3. The zero-order valence-electron chi connectivity index (χ0n) is 17.0. The summed E-state index contributed by atoms with van der Waals surface area (Å²) in [4.78, 5) is 28.7. The van der Waals surface area contributed by atoms with E-state index in [9.17, 15) is 9.59 Å². The Morgan fingerprint density at radius 3 is 2.50 bits per heavy atom. The molecule has 0 aliphatic heterocycles. The van der Waals surface area contributed by atoms with Crippen LogP contribution in [-0.2, 0) is 9.59 Å². The van der Waals surface area contributed by atoms with Crippen LogP contribution in [0.25, 0.3) is 11.3 Å². The summed E-state index contributed by atoms with van der Waals surface area (Å²) in [5.41, 5.74) is 4.57.